The molecule has 0 atom stereocenters. The number of anilines is 1. The number of piperazine rings is 1. The Labute approximate surface area is 164 Å². The van der Waals surface area contributed by atoms with E-state index < -0.39 is 0 Å². The van der Waals surface area contributed by atoms with Gasteiger partial charge in [-0.1, -0.05) is 12.1 Å². The molecule has 2 heterocycles. The van der Waals surface area contributed by atoms with Crippen LogP contribution in [0, 0.1) is 6.92 Å². The van der Waals surface area contributed by atoms with E-state index >= 15 is 0 Å². The van der Waals surface area contributed by atoms with E-state index in [0.29, 0.717) is 38.3 Å². The molecular weight excluding hydrogens is 356 g/mol. The van der Waals surface area contributed by atoms with E-state index in [1.54, 1.807) is 26.8 Å². The molecule has 1 fully saturated rings. The summed E-state index contributed by atoms with van der Waals surface area (Å²) in [6.07, 6.45) is 2.29. The van der Waals surface area contributed by atoms with Gasteiger partial charge < -0.3 is 14.7 Å². The molecule has 0 bridgehead atoms. The third-order valence-electron chi connectivity index (χ3n) is 4.85. The lowest BCUT2D eigenvalue weighted by atomic mass is 10.1. The average molecular weight is 380 g/mol. The average Bonchev–Trinajstić information content (AvgIpc) is 2.74. The number of nitrogens with zero attached hydrogens (tertiary/aromatic N) is 4. The molecule has 1 aromatic carbocycles. The minimum Gasteiger partial charge on any atom is -0.342 e. The van der Waals surface area contributed by atoms with Crippen molar-refractivity contribution >= 4 is 23.9 Å². The third-order valence-corrected chi connectivity index (χ3v) is 4.85. The summed E-state index contributed by atoms with van der Waals surface area (Å²) in [5.41, 5.74) is 2.53. The van der Waals surface area contributed by atoms with Crippen molar-refractivity contribution in [3.63, 3.8) is 0 Å². The van der Waals surface area contributed by atoms with E-state index in [0.717, 1.165) is 17.7 Å². The fourth-order valence-electron chi connectivity index (χ4n) is 3.27. The molecule has 1 aliphatic rings. The largest absolute Gasteiger partial charge is 0.342 e. The normalized spacial score (nSPS) is 13.9. The first kappa shape index (κ1) is 19.5. The van der Waals surface area contributed by atoms with E-state index in [1.165, 1.54) is 6.20 Å². The van der Waals surface area contributed by atoms with Crippen LogP contribution in [0.1, 0.15) is 33.3 Å². The first-order chi connectivity index (χ1) is 13.5. The number of hydrogen-bond acceptors (Lipinski definition) is 4. The van der Waals surface area contributed by atoms with Gasteiger partial charge in [-0.2, -0.15) is 0 Å². The Morgan fingerprint density at radius 3 is 2.54 bits per heavy atom. The van der Waals surface area contributed by atoms with Crippen LogP contribution >= 0.6 is 0 Å². The Hall–Kier alpha value is -3.22. The van der Waals surface area contributed by atoms with Gasteiger partial charge in [-0.25, -0.2) is 0 Å². The molecule has 7 heteroatoms. The number of rotatable bonds is 5. The molecule has 0 aliphatic carbocycles. The van der Waals surface area contributed by atoms with Crippen molar-refractivity contribution in [3.05, 3.63) is 59.4 Å². The lowest BCUT2D eigenvalue weighted by Gasteiger charge is -2.32. The van der Waals surface area contributed by atoms with E-state index in [2.05, 4.69) is 4.98 Å². The quantitative estimate of drug-likeness (QED) is 0.744. The van der Waals surface area contributed by atoms with Crippen LogP contribution in [0.2, 0.25) is 0 Å². The highest BCUT2D eigenvalue weighted by Gasteiger charge is 2.23. The zero-order chi connectivity index (χ0) is 20.1. The molecule has 2 aromatic rings. The van der Waals surface area contributed by atoms with Crippen LogP contribution in [0.4, 0.5) is 5.69 Å². The fraction of sp³-hybridized carbons (Fsp3) is 0.333. The van der Waals surface area contributed by atoms with Gasteiger partial charge >= 0.3 is 0 Å². The molecule has 3 rings (SSSR count). The summed E-state index contributed by atoms with van der Waals surface area (Å²) in [4.78, 5) is 45.8. The van der Waals surface area contributed by atoms with Crippen molar-refractivity contribution in [2.24, 2.45) is 0 Å². The lowest BCUT2D eigenvalue weighted by molar-refractivity contribution is -0.119. The summed E-state index contributed by atoms with van der Waals surface area (Å²) in [7, 11) is 0. The first-order valence-electron chi connectivity index (χ1n) is 9.36. The van der Waals surface area contributed by atoms with Crippen molar-refractivity contribution in [2.75, 3.05) is 37.6 Å². The Kier molecular flexibility index (Phi) is 6.03. The summed E-state index contributed by atoms with van der Waals surface area (Å²) in [6, 6.07) is 10.9. The highest BCUT2D eigenvalue weighted by Crippen LogP contribution is 2.19. The summed E-state index contributed by atoms with van der Waals surface area (Å²) in [5.74, 6) is -0.394. The number of hydrogen-bond donors (Lipinski definition) is 0. The minimum absolute atomic E-state index is 0.152. The van der Waals surface area contributed by atoms with Gasteiger partial charge in [-0.15, -0.1) is 0 Å². The monoisotopic (exact) mass is 380 g/mol. The molecule has 146 valence electrons. The molecule has 1 aromatic heterocycles. The molecule has 0 radical (unpaired) electrons. The van der Waals surface area contributed by atoms with Gasteiger partial charge in [0.2, 0.25) is 6.41 Å². The minimum atomic E-state index is -0.242. The number of amides is 3. The Morgan fingerprint density at radius 2 is 1.89 bits per heavy atom. The van der Waals surface area contributed by atoms with Crippen LogP contribution in [0.15, 0.2) is 42.6 Å². The molecule has 1 aliphatic heterocycles. The third kappa shape index (κ3) is 4.19. The van der Waals surface area contributed by atoms with Gasteiger partial charge in [0.1, 0.15) is 5.69 Å². The number of pyridine rings is 1. The van der Waals surface area contributed by atoms with E-state index in [9.17, 15) is 14.4 Å². The Balaban J connectivity index is 1.79. The molecule has 3 amide bonds. The molecule has 0 unspecified atom stereocenters. The second kappa shape index (κ2) is 8.65. The lowest BCUT2D eigenvalue weighted by Crippen LogP contribution is -2.48. The first-order valence-corrected chi connectivity index (χ1v) is 9.36. The molecular formula is C21H24N4O3. The van der Waals surface area contributed by atoms with Gasteiger partial charge in [0.25, 0.3) is 11.8 Å². The number of benzene rings is 1. The summed E-state index contributed by atoms with van der Waals surface area (Å²) in [6.45, 7) is 6.37. The van der Waals surface area contributed by atoms with Crippen LogP contribution in [0.3, 0.4) is 0 Å². The molecule has 28 heavy (non-hydrogen) atoms. The molecule has 0 N–H and O–H groups in total. The van der Waals surface area contributed by atoms with Crippen molar-refractivity contribution in [2.45, 2.75) is 13.8 Å². The molecule has 0 saturated carbocycles. The Bertz CT molecular complexity index is 875. The van der Waals surface area contributed by atoms with Crippen molar-refractivity contribution in [3.8, 4) is 0 Å². The highest BCUT2D eigenvalue weighted by molar-refractivity contribution is 6.06. The summed E-state index contributed by atoms with van der Waals surface area (Å²) >= 11 is 0. The van der Waals surface area contributed by atoms with Crippen LogP contribution < -0.4 is 4.90 Å². The predicted molar refractivity (Wildman–Crippen MR) is 106 cm³/mol. The second-order valence-electron chi connectivity index (χ2n) is 6.75. The zero-order valence-electron chi connectivity index (χ0n) is 16.2. The summed E-state index contributed by atoms with van der Waals surface area (Å²) in [5, 5.41) is 0. The van der Waals surface area contributed by atoms with Crippen LogP contribution in [0.25, 0.3) is 0 Å². The van der Waals surface area contributed by atoms with E-state index in [-0.39, 0.29) is 17.5 Å². The van der Waals surface area contributed by atoms with E-state index in [1.807, 2.05) is 38.1 Å². The fourth-order valence-corrected chi connectivity index (χ4v) is 3.27. The van der Waals surface area contributed by atoms with Gasteiger partial charge in [0, 0.05) is 50.2 Å². The van der Waals surface area contributed by atoms with Gasteiger partial charge in [0.15, 0.2) is 0 Å². The summed E-state index contributed by atoms with van der Waals surface area (Å²) < 4.78 is 0. The van der Waals surface area contributed by atoms with Crippen LogP contribution in [-0.2, 0) is 4.79 Å². The van der Waals surface area contributed by atoms with Crippen molar-refractivity contribution in [1.29, 1.82) is 0 Å². The maximum absolute atomic E-state index is 13.0. The van der Waals surface area contributed by atoms with Crippen LogP contribution in [0.5, 0.6) is 0 Å². The number of carbonyl (C=O) groups is 3. The number of carbonyl (C=O) groups excluding carboxylic acids is 3. The second-order valence-corrected chi connectivity index (χ2v) is 6.75. The molecule has 7 nitrogen and oxygen atoms in total. The van der Waals surface area contributed by atoms with E-state index in [4.69, 9.17) is 0 Å². The Morgan fingerprint density at radius 1 is 1.14 bits per heavy atom. The maximum Gasteiger partial charge on any atom is 0.276 e. The van der Waals surface area contributed by atoms with Gasteiger partial charge in [0.05, 0.1) is 0 Å². The SMILES string of the molecule is CCN(C(=O)c1cc(C(=O)N2CCN(C=O)CC2)ccn1)c1cccc(C)c1. The maximum atomic E-state index is 13.0. The predicted octanol–water partition coefficient (Wildman–Crippen LogP) is 1.97. The van der Waals surface area contributed by atoms with Crippen molar-refractivity contribution < 1.29 is 14.4 Å². The van der Waals surface area contributed by atoms with Gasteiger partial charge in [-0.05, 0) is 43.7 Å². The molecule has 1 saturated heterocycles. The smallest absolute Gasteiger partial charge is 0.276 e. The highest BCUT2D eigenvalue weighted by atomic mass is 16.2. The zero-order valence-corrected chi connectivity index (χ0v) is 16.2. The molecule has 0 spiro atoms. The van der Waals surface area contributed by atoms with Gasteiger partial charge in [-0.3, -0.25) is 19.4 Å². The van der Waals surface area contributed by atoms with Crippen molar-refractivity contribution in [1.82, 2.24) is 14.8 Å². The van der Waals surface area contributed by atoms with Crippen LogP contribution in [-0.4, -0.2) is 65.7 Å². The standard InChI is InChI=1S/C21H24N4O3/c1-3-25(18-6-4-5-16(2)13-18)21(28)19-14-17(7-8-22-19)20(27)24-11-9-23(15-26)10-12-24/h4-8,13-15H,3,9-12H2,1-2H3. The number of aryl methyl sites for hydroxylation is 1. The topological polar surface area (TPSA) is 73.8 Å². The number of aromatic nitrogens is 1.